The molecule has 0 amide bonds. The van der Waals surface area contributed by atoms with Crippen LogP contribution in [0.15, 0.2) is 0 Å². The van der Waals surface area contributed by atoms with Crippen LogP contribution in [0, 0.1) is 34.0 Å². The van der Waals surface area contributed by atoms with Gasteiger partial charge in [0.15, 0.2) is 0 Å². The minimum atomic E-state index is -0.886. The second-order valence-electron chi connectivity index (χ2n) is 10.0. The fourth-order valence-corrected chi connectivity index (χ4v) is 7.93. The highest BCUT2D eigenvalue weighted by atomic mass is 16.3. The molecule has 0 aromatic carbocycles. The lowest BCUT2D eigenvalue weighted by atomic mass is 9.39. The van der Waals surface area contributed by atoms with Gasteiger partial charge in [0.2, 0.25) is 0 Å². The third kappa shape index (κ3) is 1.84. The van der Waals surface area contributed by atoms with E-state index in [-0.39, 0.29) is 30.0 Å². The molecule has 4 saturated carbocycles. The number of hydrogen-bond acceptors (Lipinski definition) is 4. The molecule has 0 radical (unpaired) electrons. The summed E-state index contributed by atoms with van der Waals surface area (Å²) in [7, 11) is 0. The predicted octanol–water partition coefficient (Wildman–Crippen LogP) is 2.09. The van der Waals surface area contributed by atoms with Crippen molar-refractivity contribution in [3.63, 3.8) is 0 Å². The van der Waals surface area contributed by atoms with E-state index >= 15 is 0 Å². The lowest BCUT2D eigenvalue weighted by molar-refractivity contribution is -0.216. The third-order valence-corrected chi connectivity index (χ3v) is 9.54. The van der Waals surface area contributed by atoms with Crippen molar-refractivity contribution in [3.05, 3.63) is 0 Å². The molecule has 0 heterocycles. The van der Waals surface area contributed by atoms with E-state index in [1.807, 2.05) is 0 Å². The molecule has 4 rings (SSSR count). The summed E-state index contributed by atoms with van der Waals surface area (Å²) in [6.07, 6.45) is 7.33. The molecule has 4 aliphatic carbocycles. The largest absolute Gasteiger partial charge is 0.396 e. The second kappa shape index (κ2) is 5.18. The van der Waals surface area contributed by atoms with E-state index in [0.29, 0.717) is 18.3 Å². The summed E-state index contributed by atoms with van der Waals surface area (Å²) in [6, 6.07) is 0. The zero-order valence-electron chi connectivity index (χ0n) is 15.2. The van der Waals surface area contributed by atoms with E-state index in [2.05, 4.69) is 13.8 Å². The van der Waals surface area contributed by atoms with Crippen LogP contribution >= 0.6 is 0 Å². The zero-order chi connectivity index (χ0) is 17.4. The van der Waals surface area contributed by atoms with Crippen molar-refractivity contribution in [1.29, 1.82) is 0 Å². The molecule has 4 N–H and O–H groups in total. The summed E-state index contributed by atoms with van der Waals surface area (Å²) >= 11 is 0. The van der Waals surface area contributed by atoms with Crippen LogP contribution in [0.5, 0.6) is 0 Å². The maximum absolute atomic E-state index is 10.9. The maximum Gasteiger partial charge on any atom is 0.0905 e. The van der Waals surface area contributed by atoms with Gasteiger partial charge in [-0.1, -0.05) is 13.8 Å². The highest BCUT2D eigenvalue weighted by Crippen LogP contribution is 2.75. The van der Waals surface area contributed by atoms with Crippen LogP contribution in [-0.4, -0.2) is 45.3 Å². The smallest absolute Gasteiger partial charge is 0.0905 e. The maximum atomic E-state index is 10.9. The van der Waals surface area contributed by atoms with Gasteiger partial charge >= 0.3 is 0 Å². The van der Waals surface area contributed by atoms with Gasteiger partial charge in [-0.2, -0.15) is 0 Å². The molecule has 4 fully saturated rings. The first kappa shape index (κ1) is 17.3. The summed E-state index contributed by atoms with van der Waals surface area (Å²) in [5, 5.41) is 41.3. The quantitative estimate of drug-likeness (QED) is 0.621. The van der Waals surface area contributed by atoms with Crippen LogP contribution in [0.25, 0.3) is 0 Å². The Morgan fingerprint density at radius 1 is 0.917 bits per heavy atom. The van der Waals surface area contributed by atoms with Gasteiger partial charge in [0.1, 0.15) is 0 Å². The minimum absolute atomic E-state index is 0.0547. The summed E-state index contributed by atoms with van der Waals surface area (Å²) in [6.45, 7) is 4.43. The van der Waals surface area contributed by atoms with Crippen molar-refractivity contribution in [3.8, 4) is 0 Å². The van der Waals surface area contributed by atoms with Gasteiger partial charge in [0, 0.05) is 5.41 Å². The van der Waals surface area contributed by atoms with Crippen molar-refractivity contribution in [2.75, 3.05) is 13.2 Å². The van der Waals surface area contributed by atoms with Crippen LogP contribution in [0.4, 0.5) is 0 Å². The van der Waals surface area contributed by atoms with E-state index in [4.69, 9.17) is 0 Å². The molecular formula is C20H34O4. The van der Waals surface area contributed by atoms with E-state index < -0.39 is 17.1 Å². The highest BCUT2D eigenvalue weighted by Gasteiger charge is 2.70. The molecule has 4 nitrogen and oxygen atoms in total. The van der Waals surface area contributed by atoms with E-state index in [9.17, 15) is 20.4 Å². The number of hydrogen-bond donors (Lipinski definition) is 4. The fraction of sp³-hybridized carbons (Fsp3) is 1.00. The van der Waals surface area contributed by atoms with Gasteiger partial charge in [-0.05, 0) is 80.0 Å². The molecule has 0 aromatic rings. The summed E-state index contributed by atoms with van der Waals surface area (Å²) in [4.78, 5) is 0. The van der Waals surface area contributed by atoms with Crippen LogP contribution in [0.1, 0.15) is 65.2 Å². The molecular weight excluding hydrogens is 304 g/mol. The third-order valence-electron chi connectivity index (χ3n) is 9.54. The first-order chi connectivity index (χ1) is 11.3. The lowest BCUT2D eigenvalue weighted by Crippen LogP contribution is -2.63. The second-order valence-corrected chi connectivity index (χ2v) is 10.0. The van der Waals surface area contributed by atoms with Crippen molar-refractivity contribution in [2.45, 2.75) is 76.9 Å². The first-order valence-electron chi connectivity index (χ1n) is 9.88. The van der Waals surface area contributed by atoms with E-state index in [1.165, 1.54) is 0 Å². The number of fused-ring (bicyclic) bond motifs is 2. The molecule has 138 valence electrons. The monoisotopic (exact) mass is 338 g/mol. The Hall–Kier alpha value is -0.160. The van der Waals surface area contributed by atoms with E-state index in [0.717, 1.165) is 44.9 Å². The molecule has 0 aromatic heterocycles. The van der Waals surface area contributed by atoms with Gasteiger partial charge in [-0.15, -0.1) is 0 Å². The van der Waals surface area contributed by atoms with Gasteiger partial charge in [0.25, 0.3) is 0 Å². The normalized spacial score (nSPS) is 59.8. The molecule has 2 bridgehead atoms. The Kier molecular flexibility index (Phi) is 3.73. The lowest BCUT2D eigenvalue weighted by Gasteiger charge is -2.66. The van der Waals surface area contributed by atoms with Crippen molar-refractivity contribution >= 4 is 0 Å². The first-order valence-corrected chi connectivity index (χ1v) is 9.88. The Bertz CT molecular complexity index is 524. The van der Waals surface area contributed by atoms with Crippen molar-refractivity contribution in [1.82, 2.24) is 0 Å². The molecule has 0 saturated heterocycles. The van der Waals surface area contributed by atoms with Crippen LogP contribution < -0.4 is 0 Å². The molecule has 24 heavy (non-hydrogen) atoms. The average Bonchev–Trinajstić information content (AvgIpc) is 2.93. The van der Waals surface area contributed by atoms with Crippen molar-refractivity contribution in [2.24, 2.45) is 34.0 Å². The molecule has 0 unspecified atom stereocenters. The molecule has 4 heteroatoms. The number of rotatable bonds is 2. The molecule has 1 spiro atoms. The van der Waals surface area contributed by atoms with Crippen LogP contribution in [0.3, 0.4) is 0 Å². The SMILES string of the molecule is C[C@]1(CO)[C@H](O)CC[C@@]2(C)[C@@H]1CC[C@@H]1C[C@@H]3C[C@@]12CC[C@]3(O)CO. The van der Waals surface area contributed by atoms with Gasteiger partial charge in [-0.3, -0.25) is 0 Å². The minimum Gasteiger partial charge on any atom is -0.396 e. The molecule has 4 aliphatic rings. The van der Waals surface area contributed by atoms with Crippen LogP contribution in [-0.2, 0) is 0 Å². The summed E-state index contributed by atoms with van der Waals surface area (Å²) in [5.41, 5.74) is -0.949. The zero-order valence-corrected chi connectivity index (χ0v) is 15.2. The summed E-state index contributed by atoms with van der Waals surface area (Å²) in [5.74, 6) is 1.18. The van der Waals surface area contributed by atoms with Gasteiger partial charge < -0.3 is 20.4 Å². The number of aliphatic hydroxyl groups is 4. The van der Waals surface area contributed by atoms with Crippen molar-refractivity contribution < 1.29 is 20.4 Å². The summed E-state index contributed by atoms with van der Waals surface area (Å²) < 4.78 is 0. The van der Waals surface area contributed by atoms with E-state index in [1.54, 1.807) is 0 Å². The Balaban J connectivity index is 1.74. The highest BCUT2D eigenvalue weighted by molar-refractivity contribution is 5.19. The van der Waals surface area contributed by atoms with Gasteiger partial charge in [-0.25, -0.2) is 0 Å². The Morgan fingerprint density at radius 3 is 2.33 bits per heavy atom. The molecule has 8 atom stereocenters. The Labute approximate surface area is 145 Å². The number of aliphatic hydroxyl groups excluding tert-OH is 3. The fourth-order valence-electron chi connectivity index (χ4n) is 7.93. The predicted molar refractivity (Wildman–Crippen MR) is 91.2 cm³/mol. The topological polar surface area (TPSA) is 80.9 Å². The van der Waals surface area contributed by atoms with Crippen LogP contribution in [0.2, 0.25) is 0 Å². The standard InChI is InChI=1S/C20H34O4/c1-17(11-21)15-4-3-13-9-14-10-19(13,7-8-20(14,24)12-22)18(15,2)6-5-16(17)23/h13-16,21-24H,3-12H2,1-2H3/t13-,14-,15-,16-,17-,18+,19+,20+/m1/s1. The Morgan fingerprint density at radius 2 is 1.67 bits per heavy atom. The average molecular weight is 338 g/mol. The van der Waals surface area contributed by atoms with Gasteiger partial charge in [0.05, 0.1) is 24.9 Å². The molecule has 0 aliphatic heterocycles.